The van der Waals surface area contributed by atoms with Crippen LogP contribution in [0.2, 0.25) is 0 Å². The summed E-state index contributed by atoms with van der Waals surface area (Å²) in [7, 11) is 1.42. The number of carbonyl (C=O) groups is 1. The third-order valence-electron chi connectivity index (χ3n) is 2.19. The van der Waals surface area contributed by atoms with Gasteiger partial charge in [0, 0.05) is 6.04 Å². The van der Waals surface area contributed by atoms with Gasteiger partial charge in [0.1, 0.15) is 0 Å². The Morgan fingerprint density at radius 2 is 2.38 bits per heavy atom. The molecule has 0 bridgehead atoms. The molecule has 5 heteroatoms. The van der Waals surface area contributed by atoms with Crippen molar-refractivity contribution in [3.63, 3.8) is 0 Å². The molecule has 1 fully saturated rings. The van der Waals surface area contributed by atoms with E-state index in [0.717, 1.165) is 17.9 Å². The number of carbonyl (C=O) groups excluding carboxylic acids is 1. The molecule has 1 rings (SSSR count). The first-order chi connectivity index (χ1) is 5.74. The van der Waals surface area contributed by atoms with Gasteiger partial charge >= 0.3 is 5.97 Å². The number of nitrogens with two attached hydrogens (primary N) is 1. The molecule has 0 radical (unpaired) electrons. The summed E-state index contributed by atoms with van der Waals surface area (Å²) in [5.41, 5.74) is 5.86. The first-order valence-electron chi connectivity index (χ1n) is 4.14. The predicted octanol–water partition coefficient (Wildman–Crippen LogP) is 1.05. The minimum Gasteiger partial charge on any atom is -0.469 e. The zero-order valence-electron chi connectivity index (χ0n) is 7.69. The molecule has 1 heterocycles. The van der Waals surface area contributed by atoms with E-state index in [1.165, 1.54) is 7.11 Å². The first-order valence-corrected chi connectivity index (χ1v) is 5.29. The lowest BCUT2D eigenvalue weighted by atomic mass is 9.96. The van der Waals surface area contributed by atoms with E-state index in [2.05, 4.69) is 4.74 Å². The normalized spacial score (nSPS) is 27.5. The zero-order chi connectivity index (χ0) is 8.97. The number of hydrogen-bond donors (Lipinski definition) is 1. The standard InChI is InChI=1S/C8H15NO2S.ClH/c1-11-8(10)4-6-5-12-3-2-7(6)9;/h6-7H,2-5,9H2,1H3;1H. The largest absolute Gasteiger partial charge is 0.469 e. The lowest BCUT2D eigenvalue weighted by Crippen LogP contribution is -2.36. The highest BCUT2D eigenvalue weighted by Crippen LogP contribution is 2.24. The molecule has 0 aliphatic carbocycles. The summed E-state index contributed by atoms with van der Waals surface area (Å²) >= 11 is 1.87. The molecule has 1 saturated heterocycles. The van der Waals surface area contributed by atoms with Gasteiger partial charge in [-0.15, -0.1) is 12.4 Å². The molecule has 2 N–H and O–H groups in total. The third kappa shape index (κ3) is 4.20. The highest BCUT2D eigenvalue weighted by molar-refractivity contribution is 7.99. The van der Waals surface area contributed by atoms with Crippen LogP contribution in [0.1, 0.15) is 12.8 Å². The van der Waals surface area contributed by atoms with Gasteiger partial charge in [-0.25, -0.2) is 0 Å². The van der Waals surface area contributed by atoms with Crippen molar-refractivity contribution >= 4 is 30.1 Å². The summed E-state index contributed by atoms with van der Waals surface area (Å²) < 4.78 is 4.60. The molecule has 1 aliphatic heterocycles. The fraction of sp³-hybridized carbons (Fsp3) is 0.875. The van der Waals surface area contributed by atoms with E-state index in [-0.39, 0.29) is 24.4 Å². The molecule has 1 aliphatic rings. The van der Waals surface area contributed by atoms with Crippen LogP contribution in [0.4, 0.5) is 0 Å². The maximum absolute atomic E-state index is 10.9. The fourth-order valence-corrected chi connectivity index (χ4v) is 2.59. The van der Waals surface area contributed by atoms with Gasteiger partial charge in [0.25, 0.3) is 0 Å². The van der Waals surface area contributed by atoms with Crippen molar-refractivity contribution in [1.82, 2.24) is 0 Å². The summed E-state index contributed by atoms with van der Waals surface area (Å²) in [4.78, 5) is 10.9. The Labute approximate surface area is 89.2 Å². The monoisotopic (exact) mass is 225 g/mol. The van der Waals surface area contributed by atoms with Crippen LogP contribution in [0.5, 0.6) is 0 Å². The Bertz CT molecular complexity index is 168. The molecule has 0 saturated carbocycles. The third-order valence-corrected chi connectivity index (χ3v) is 3.38. The summed E-state index contributed by atoms with van der Waals surface area (Å²) in [5, 5.41) is 0. The molecule has 0 aromatic rings. The lowest BCUT2D eigenvalue weighted by molar-refractivity contribution is -0.141. The quantitative estimate of drug-likeness (QED) is 0.714. The average Bonchev–Trinajstić information content (AvgIpc) is 2.09. The molecular weight excluding hydrogens is 210 g/mol. The second kappa shape index (κ2) is 6.51. The van der Waals surface area contributed by atoms with Crippen molar-refractivity contribution < 1.29 is 9.53 Å². The SMILES string of the molecule is COC(=O)CC1CSCCC1N.Cl. The van der Waals surface area contributed by atoms with Crippen LogP contribution >= 0.6 is 24.2 Å². The van der Waals surface area contributed by atoms with Crippen LogP contribution in [0.15, 0.2) is 0 Å². The van der Waals surface area contributed by atoms with Crippen molar-refractivity contribution in [3.8, 4) is 0 Å². The second-order valence-corrected chi connectivity index (χ2v) is 4.22. The summed E-state index contributed by atoms with van der Waals surface area (Å²) in [6, 6.07) is 0.186. The number of ether oxygens (including phenoxy) is 1. The summed E-state index contributed by atoms with van der Waals surface area (Å²) in [6.07, 6.45) is 1.50. The maximum Gasteiger partial charge on any atom is 0.305 e. The highest BCUT2D eigenvalue weighted by Gasteiger charge is 2.24. The van der Waals surface area contributed by atoms with Gasteiger partial charge in [0.2, 0.25) is 0 Å². The minimum atomic E-state index is -0.141. The molecule has 0 aromatic carbocycles. The molecule has 0 spiro atoms. The molecule has 2 atom stereocenters. The van der Waals surface area contributed by atoms with E-state index < -0.39 is 0 Å². The van der Waals surface area contributed by atoms with Crippen LogP contribution in [0, 0.1) is 5.92 Å². The Balaban J connectivity index is 0.00000144. The number of esters is 1. The smallest absolute Gasteiger partial charge is 0.305 e. The van der Waals surface area contributed by atoms with E-state index in [9.17, 15) is 4.79 Å². The topological polar surface area (TPSA) is 52.3 Å². The number of halogens is 1. The van der Waals surface area contributed by atoms with Gasteiger partial charge in [-0.1, -0.05) is 0 Å². The van der Waals surface area contributed by atoms with E-state index in [4.69, 9.17) is 5.73 Å². The van der Waals surface area contributed by atoms with Crippen LogP contribution in [-0.4, -0.2) is 30.6 Å². The minimum absolute atomic E-state index is 0. The molecule has 13 heavy (non-hydrogen) atoms. The van der Waals surface area contributed by atoms with Crippen molar-refractivity contribution in [1.29, 1.82) is 0 Å². The Hall–Kier alpha value is 0.0700. The molecule has 3 nitrogen and oxygen atoms in total. The summed E-state index contributed by atoms with van der Waals surface area (Å²) in [5.74, 6) is 2.30. The second-order valence-electron chi connectivity index (χ2n) is 3.07. The maximum atomic E-state index is 10.9. The van der Waals surface area contributed by atoms with Crippen LogP contribution in [0.25, 0.3) is 0 Å². The van der Waals surface area contributed by atoms with Gasteiger partial charge < -0.3 is 10.5 Å². The van der Waals surface area contributed by atoms with Gasteiger partial charge in [-0.2, -0.15) is 11.8 Å². The van der Waals surface area contributed by atoms with Gasteiger partial charge in [0.15, 0.2) is 0 Å². The molecule has 2 unspecified atom stereocenters. The lowest BCUT2D eigenvalue weighted by Gasteiger charge is -2.26. The Kier molecular flexibility index (Phi) is 6.55. The molecule has 78 valence electrons. The molecule has 0 aromatic heterocycles. The number of hydrogen-bond acceptors (Lipinski definition) is 4. The van der Waals surface area contributed by atoms with Crippen molar-refractivity contribution in [3.05, 3.63) is 0 Å². The average molecular weight is 226 g/mol. The van der Waals surface area contributed by atoms with E-state index in [1.54, 1.807) is 0 Å². The zero-order valence-corrected chi connectivity index (χ0v) is 9.33. The van der Waals surface area contributed by atoms with E-state index in [0.29, 0.717) is 12.3 Å². The molecular formula is C8H16ClNO2S. The number of methoxy groups -OCH3 is 1. The van der Waals surface area contributed by atoms with Crippen molar-refractivity contribution in [2.75, 3.05) is 18.6 Å². The van der Waals surface area contributed by atoms with Crippen LogP contribution in [-0.2, 0) is 9.53 Å². The Morgan fingerprint density at radius 3 is 2.92 bits per heavy atom. The molecule has 0 amide bonds. The van der Waals surface area contributed by atoms with E-state index >= 15 is 0 Å². The van der Waals surface area contributed by atoms with Gasteiger partial charge in [-0.05, 0) is 23.8 Å². The van der Waals surface area contributed by atoms with Gasteiger partial charge in [0.05, 0.1) is 13.5 Å². The van der Waals surface area contributed by atoms with Gasteiger partial charge in [-0.3, -0.25) is 4.79 Å². The fourth-order valence-electron chi connectivity index (χ4n) is 1.32. The van der Waals surface area contributed by atoms with E-state index in [1.807, 2.05) is 11.8 Å². The highest BCUT2D eigenvalue weighted by atomic mass is 35.5. The first kappa shape index (κ1) is 13.1. The van der Waals surface area contributed by atoms with Crippen molar-refractivity contribution in [2.45, 2.75) is 18.9 Å². The van der Waals surface area contributed by atoms with Crippen molar-refractivity contribution in [2.24, 2.45) is 11.7 Å². The van der Waals surface area contributed by atoms with Crippen LogP contribution < -0.4 is 5.73 Å². The summed E-state index contributed by atoms with van der Waals surface area (Å²) in [6.45, 7) is 0. The van der Waals surface area contributed by atoms with Crippen LogP contribution in [0.3, 0.4) is 0 Å². The Morgan fingerprint density at radius 1 is 1.69 bits per heavy atom. The predicted molar refractivity (Wildman–Crippen MR) is 57.3 cm³/mol. The number of rotatable bonds is 2. The number of thioether (sulfide) groups is 1.